The van der Waals surface area contributed by atoms with Gasteiger partial charge in [0.1, 0.15) is 5.75 Å². The van der Waals surface area contributed by atoms with E-state index in [2.05, 4.69) is 62.2 Å². The van der Waals surface area contributed by atoms with Crippen LogP contribution in [0, 0.1) is 0 Å². The molecule has 94 valence electrons. The Labute approximate surface area is 124 Å². The van der Waals surface area contributed by atoms with E-state index in [-0.39, 0.29) is 0 Å². The van der Waals surface area contributed by atoms with Crippen molar-refractivity contribution in [2.75, 3.05) is 6.61 Å². The van der Waals surface area contributed by atoms with Crippen molar-refractivity contribution in [3.05, 3.63) is 64.1 Å². The minimum absolute atomic E-state index is 0.687. The van der Waals surface area contributed by atoms with Gasteiger partial charge in [0.2, 0.25) is 0 Å². The lowest BCUT2D eigenvalue weighted by Gasteiger charge is -2.12. The third kappa shape index (κ3) is 3.59. The Hall–Kier alpha value is -0.800. The summed E-state index contributed by atoms with van der Waals surface area (Å²) in [5.74, 6) is 0.935. The van der Waals surface area contributed by atoms with E-state index in [0.717, 1.165) is 27.5 Å². The van der Waals surface area contributed by atoms with Crippen molar-refractivity contribution < 1.29 is 4.74 Å². The van der Waals surface area contributed by atoms with Gasteiger partial charge in [-0.15, -0.1) is 0 Å². The summed E-state index contributed by atoms with van der Waals surface area (Å²) >= 11 is 7.01. The molecule has 0 fully saturated rings. The Morgan fingerprint density at radius 3 is 2.44 bits per heavy atom. The Morgan fingerprint density at radius 1 is 0.944 bits per heavy atom. The number of alkyl halides is 1. The van der Waals surface area contributed by atoms with Crippen molar-refractivity contribution in [2.24, 2.45) is 0 Å². The van der Waals surface area contributed by atoms with Crippen LogP contribution in [0.2, 0.25) is 0 Å². The molecular weight excluding hydrogens is 356 g/mol. The van der Waals surface area contributed by atoms with Gasteiger partial charge in [-0.1, -0.05) is 58.4 Å². The minimum atomic E-state index is 0.687. The maximum atomic E-state index is 5.89. The lowest BCUT2D eigenvalue weighted by Crippen LogP contribution is -2.03. The molecule has 3 heteroatoms. The average molecular weight is 370 g/mol. The molecule has 0 unspecified atom stereocenters. The SMILES string of the molecule is BrCc1cccc(Br)c1OCCc1ccccc1. The molecule has 0 aromatic heterocycles. The molecule has 0 aliphatic carbocycles. The number of para-hydroxylation sites is 1. The van der Waals surface area contributed by atoms with E-state index >= 15 is 0 Å². The van der Waals surface area contributed by atoms with Crippen LogP contribution in [0.15, 0.2) is 53.0 Å². The monoisotopic (exact) mass is 368 g/mol. The summed E-state index contributed by atoms with van der Waals surface area (Å²) in [5.41, 5.74) is 2.46. The Bertz CT molecular complexity index is 497. The molecule has 2 aromatic carbocycles. The van der Waals surface area contributed by atoms with E-state index in [0.29, 0.717) is 6.61 Å². The highest BCUT2D eigenvalue weighted by Gasteiger charge is 2.06. The maximum absolute atomic E-state index is 5.89. The zero-order valence-corrected chi connectivity index (χ0v) is 13.1. The van der Waals surface area contributed by atoms with Crippen LogP contribution >= 0.6 is 31.9 Å². The first kappa shape index (κ1) is 13.6. The molecule has 0 saturated heterocycles. The van der Waals surface area contributed by atoms with Gasteiger partial charge in [-0.2, -0.15) is 0 Å². The van der Waals surface area contributed by atoms with Gasteiger partial charge in [0.15, 0.2) is 0 Å². The Kier molecular flexibility index (Phi) is 5.26. The summed E-state index contributed by atoms with van der Waals surface area (Å²) in [6.07, 6.45) is 0.921. The first-order chi connectivity index (χ1) is 8.81. The molecule has 0 heterocycles. The van der Waals surface area contributed by atoms with Crippen LogP contribution < -0.4 is 4.74 Å². The minimum Gasteiger partial charge on any atom is -0.492 e. The van der Waals surface area contributed by atoms with Crippen molar-refractivity contribution in [1.82, 2.24) is 0 Å². The van der Waals surface area contributed by atoms with Crippen molar-refractivity contribution in [2.45, 2.75) is 11.8 Å². The van der Waals surface area contributed by atoms with Crippen LogP contribution in [0.25, 0.3) is 0 Å². The maximum Gasteiger partial charge on any atom is 0.137 e. The normalized spacial score (nSPS) is 10.3. The molecule has 0 bridgehead atoms. The fraction of sp³-hybridized carbons (Fsp3) is 0.200. The third-order valence-corrected chi connectivity index (χ3v) is 3.90. The standard InChI is InChI=1S/C15H14Br2O/c16-11-13-7-4-8-14(17)15(13)18-10-9-12-5-2-1-3-6-12/h1-8H,9-11H2. The lowest BCUT2D eigenvalue weighted by molar-refractivity contribution is 0.317. The van der Waals surface area contributed by atoms with E-state index in [1.54, 1.807) is 0 Å². The summed E-state index contributed by atoms with van der Waals surface area (Å²) in [6.45, 7) is 0.687. The van der Waals surface area contributed by atoms with E-state index in [9.17, 15) is 0 Å². The number of hydrogen-bond donors (Lipinski definition) is 0. The molecule has 2 aromatic rings. The molecule has 18 heavy (non-hydrogen) atoms. The van der Waals surface area contributed by atoms with E-state index in [1.165, 1.54) is 5.56 Å². The van der Waals surface area contributed by atoms with Crippen molar-refractivity contribution in [3.8, 4) is 5.75 Å². The molecule has 0 radical (unpaired) electrons. The smallest absolute Gasteiger partial charge is 0.137 e. The summed E-state index contributed by atoms with van der Waals surface area (Å²) in [6, 6.07) is 16.5. The van der Waals surface area contributed by atoms with Crippen LogP contribution in [-0.2, 0) is 11.8 Å². The predicted octanol–water partition coefficient (Wildman–Crippen LogP) is 4.97. The number of hydrogen-bond acceptors (Lipinski definition) is 1. The topological polar surface area (TPSA) is 9.23 Å². The van der Waals surface area contributed by atoms with Crippen molar-refractivity contribution in [1.29, 1.82) is 0 Å². The molecule has 0 aliphatic rings. The second-order valence-corrected chi connectivity index (χ2v) is 5.36. The second kappa shape index (κ2) is 6.95. The molecule has 0 amide bonds. The molecule has 0 spiro atoms. The number of rotatable bonds is 5. The first-order valence-electron chi connectivity index (χ1n) is 5.81. The van der Waals surface area contributed by atoms with Gasteiger partial charge in [-0.3, -0.25) is 0 Å². The zero-order chi connectivity index (χ0) is 12.8. The highest BCUT2D eigenvalue weighted by Crippen LogP contribution is 2.30. The van der Waals surface area contributed by atoms with Gasteiger partial charge in [-0.25, -0.2) is 0 Å². The quantitative estimate of drug-likeness (QED) is 0.676. The molecule has 2 rings (SSSR count). The molecule has 0 N–H and O–H groups in total. The molecule has 0 saturated carbocycles. The van der Waals surface area contributed by atoms with Crippen LogP contribution in [0.3, 0.4) is 0 Å². The highest BCUT2D eigenvalue weighted by molar-refractivity contribution is 9.10. The third-order valence-electron chi connectivity index (χ3n) is 2.67. The highest BCUT2D eigenvalue weighted by atomic mass is 79.9. The molecular formula is C15H14Br2O. The van der Waals surface area contributed by atoms with Gasteiger partial charge in [-0.05, 0) is 27.6 Å². The number of benzene rings is 2. The van der Waals surface area contributed by atoms with Crippen LogP contribution in [0.4, 0.5) is 0 Å². The van der Waals surface area contributed by atoms with E-state index < -0.39 is 0 Å². The van der Waals surface area contributed by atoms with Gasteiger partial charge < -0.3 is 4.74 Å². The number of ether oxygens (including phenoxy) is 1. The van der Waals surface area contributed by atoms with Gasteiger partial charge >= 0.3 is 0 Å². The molecule has 1 nitrogen and oxygen atoms in total. The second-order valence-electron chi connectivity index (χ2n) is 3.95. The summed E-state index contributed by atoms with van der Waals surface area (Å²) in [7, 11) is 0. The van der Waals surface area contributed by atoms with E-state index in [1.807, 2.05) is 18.2 Å². The zero-order valence-electron chi connectivity index (χ0n) is 9.90. The largest absolute Gasteiger partial charge is 0.492 e. The number of halogens is 2. The fourth-order valence-corrected chi connectivity index (χ4v) is 2.70. The molecule has 0 aliphatic heterocycles. The average Bonchev–Trinajstić information content (AvgIpc) is 2.41. The summed E-state index contributed by atoms with van der Waals surface area (Å²) < 4.78 is 6.89. The predicted molar refractivity (Wildman–Crippen MR) is 82.4 cm³/mol. The van der Waals surface area contributed by atoms with Gasteiger partial charge in [0.25, 0.3) is 0 Å². The van der Waals surface area contributed by atoms with Gasteiger partial charge in [0, 0.05) is 17.3 Å². The first-order valence-corrected chi connectivity index (χ1v) is 7.73. The Balaban J connectivity index is 1.98. The van der Waals surface area contributed by atoms with Crippen molar-refractivity contribution >= 4 is 31.9 Å². The van der Waals surface area contributed by atoms with Gasteiger partial charge in [0.05, 0.1) is 11.1 Å². The van der Waals surface area contributed by atoms with E-state index in [4.69, 9.17) is 4.74 Å². The summed E-state index contributed by atoms with van der Waals surface area (Å²) in [4.78, 5) is 0. The Morgan fingerprint density at radius 2 is 1.72 bits per heavy atom. The van der Waals surface area contributed by atoms with Crippen molar-refractivity contribution in [3.63, 3.8) is 0 Å². The van der Waals surface area contributed by atoms with Crippen LogP contribution in [-0.4, -0.2) is 6.61 Å². The fourth-order valence-electron chi connectivity index (χ4n) is 1.74. The van der Waals surface area contributed by atoms with Crippen LogP contribution in [0.5, 0.6) is 5.75 Å². The lowest BCUT2D eigenvalue weighted by atomic mass is 10.2. The van der Waals surface area contributed by atoms with Crippen LogP contribution in [0.1, 0.15) is 11.1 Å². The molecule has 0 atom stereocenters. The summed E-state index contributed by atoms with van der Waals surface area (Å²) in [5, 5.41) is 0.799.